The van der Waals surface area contributed by atoms with Crippen molar-refractivity contribution in [2.75, 3.05) is 12.3 Å². The van der Waals surface area contributed by atoms with Crippen LogP contribution < -0.4 is 5.32 Å². The first kappa shape index (κ1) is 14.7. The van der Waals surface area contributed by atoms with Gasteiger partial charge < -0.3 is 5.32 Å². The lowest BCUT2D eigenvalue weighted by atomic mass is 10.2. The van der Waals surface area contributed by atoms with Crippen LogP contribution in [0.5, 0.6) is 0 Å². The maximum atomic E-state index is 11.6. The number of hydrogen-bond donors (Lipinski definition) is 1. The molecule has 0 unspecified atom stereocenters. The van der Waals surface area contributed by atoms with E-state index in [2.05, 4.69) is 41.6 Å². The van der Waals surface area contributed by atoms with Crippen molar-refractivity contribution in [3.63, 3.8) is 0 Å². The number of carbonyl (C=O) groups is 1. The smallest absolute Gasteiger partial charge is 0.221 e. The summed E-state index contributed by atoms with van der Waals surface area (Å²) in [6, 6.07) is 10.3. The minimum Gasteiger partial charge on any atom is -0.355 e. The predicted molar refractivity (Wildman–Crippen MR) is 81.8 cm³/mol. The number of carbonyl (C=O) groups excluding carboxylic acids is 1. The molecule has 0 fully saturated rings. The second-order valence-corrected chi connectivity index (χ2v) is 5.70. The molecule has 0 saturated carbocycles. The Balaban J connectivity index is 1.58. The topological polar surface area (TPSA) is 46.9 Å². The molecule has 5 heteroatoms. The maximum absolute atomic E-state index is 11.6. The molecule has 106 valence electrons. The number of aryl methyl sites for hydroxylation is 2. The van der Waals surface area contributed by atoms with Crippen molar-refractivity contribution in [3.05, 3.63) is 48.3 Å². The van der Waals surface area contributed by atoms with Crippen molar-refractivity contribution in [2.24, 2.45) is 0 Å². The van der Waals surface area contributed by atoms with Gasteiger partial charge in [0.1, 0.15) is 0 Å². The third kappa shape index (κ3) is 5.09. The Hall–Kier alpha value is -1.75. The van der Waals surface area contributed by atoms with Gasteiger partial charge in [0.05, 0.1) is 0 Å². The number of nitrogens with one attached hydrogen (secondary N) is 1. The van der Waals surface area contributed by atoms with Crippen molar-refractivity contribution < 1.29 is 4.79 Å². The molecular formula is C15H19N3OS. The molecule has 0 radical (unpaired) electrons. The third-order valence-corrected chi connectivity index (χ3v) is 3.85. The zero-order chi connectivity index (χ0) is 14.2. The molecule has 2 aromatic rings. The second kappa shape index (κ2) is 7.75. The summed E-state index contributed by atoms with van der Waals surface area (Å²) in [5.41, 5.74) is 1.27. The fourth-order valence-electron chi connectivity index (χ4n) is 1.73. The number of benzene rings is 1. The minimum atomic E-state index is 0.0741. The Labute approximate surface area is 123 Å². The SMILES string of the molecule is Cc1ccc(SCCNC(=O)CCn2cccn2)cc1. The molecule has 0 spiro atoms. The molecule has 0 saturated heterocycles. The number of thioether (sulfide) groups is 1. The van der Waals surface area contributed by atoms with Crippen LogP contribution in [0.2, 0.25) is 0 Å². The van der Waals surface area contributed by atoms with Crippen LogP contribution in [-0.2, 0) is 11.3 Å². The maximum Gasteiger partial charge on any atom is 0.221 e. The minimum absolute atomic E-state index is 0.0741. The van der Waals surface area contributed by atoms with Gasteiger partial charge in [-0.05, 0) is 25.1 Å². The van der Waals surface area contributed by atoms with Crippen molar-refractivity contribution in [2.45, 2.75) is 24.8 Å². The van der Waals surface area contributed by atoms with E-state index in [1.54, 1.807) is 22.6 Å². The summed E-state index contributed by atoms with van der Waals surface area (Å²) in [5, 5.41) is 6.99. The highest BCUT2D eigenvalue weighted by molar-refractivity contribution is 7.99. The average molecular weight is 289 g/mol. The Morgan fingerprint density at radius 2 is 2.15 bits per heavy atom. The molecule has 1 heterocycles. The molecule has 1 N–H and O–H groups in total. The molecule has 0 aliphatic carbocycles. The number of hydrogen-bond acceptors (Lipinski definition) is 3. The molecule has 0 bridgehead atoms. The fraction of sp³-hybridized carbons (Fsp3) is 0.333. The largest absolute Gasteiger partial charge is 0.355 e. The molecule has 2 rings (SSSR count). The van der Waals surface area contributed by atoms with Crippen LogP contribution in [0.3, 0.4) is 0 Å². The number of nitrogens with zero attached hydrogens (tertiary/aromatic N) is 2. The quantitative estimate of drug-likeness (QED) is 0.629. The Kier molecular flexibility index (Phi) is 5.68. The molecule has 0 aliphatic heterocycles. The standard InChI is InChI=1S/C15H19N3OS/c1-13-3-5-14(6-4-13)20-12-9-16-15(19)7-11-18-10-2-8-17-18/h2-6,8,10H,7,9,11-12H2,1H3,(H,16,19). The second-order valence-electron chi connectivity index (χ2n) is 4.53. The number of aromatic nitrogens is 2. The van der Waals surface area contributed by atoms with E-state index in [-0.39, 0.29) is 5.91 Å². The average Bonchev–Trinajstić information content (AvgIpc) is 2.96. The van der Waals surface area contributed by atoms with Gasteiger partial charge in [-0.1, -0.05) is 17.7 Å². The monoisotopic (exact) mass is 289 g/mol. The Bertz CT molecular complexity index is 523. The van der Waals surface area contributed by atoms with Crippen molar-refractivity contribution >= 4 is 17.7 Å². The first-order valence-electron chi connectivity index (χ1n) is 6.67. The molecule has 1 amide bonds. The van der Waals surface area contributed by atoms with Crippen LogP contribution in [0.1, 0.15) is 12.0 Å². The van der Waals surface area contributed by atoms with Crippen molar-refractivity contribution in [1.82, 2.24) is 15.1 Å². The van der Waals surface area contributed by atoms with Gasteiger partial charge >= 0.3 is 0 Å². The Morgan fingerprint density at radius 1 is 1.35 bits per heavy atom. The fourth-order valence-corrected chi connectivity index (χ4v) is 2.50. The van der Waals surface area contributed by atoms with Gasteiger partial charge in [0, 0.05) is 42.6 Å². The summed E-state index contributed by atoms with van der Waals surface area (Å²) in [6.45, 7) is 3.40. The summed E-state index contributed by atoms with van der Waals surface area (Å²) in [5.74, 6) is 0.960. The van der Waals surface area contributed by atoms with E-state index in [1.807, 2.05) is 12.3 Å². The normalized spacial score (nSPS) is 10.4. The molecule has 20 heavy (non-hydrogen) atoms. The van der Waals surface area contributed by atoms with Gasteiger partial charge in [-0.15, -0.1) is 11.8 Å². The highest BCUT2D eigenvalue weighted by Gasteiger charge is 2.01. The molecule has 0 aliphatic rings. The lowest BCUT2D eigenvalue weighted by molar-refractivity contribution is -0.121. The van der Waals surface area contributed by atoms with E-state index >= 15 is 0 Å². The first-order valence-corrected chi connectivity index (χ1v) is 7.66. The van der Waals surface area contributed by atoms with Crippen LogP contribution in [0.25, 0.3) is 0 Å². The van der Waals surface area contributed by atoms with Gasteiger partial charge in [0.2, 0.25) is 5.91 Å². The molecule has 4 nitrogen and oxygen atoms in total. The van der Waals surface area contributed by atoms with Gasteiger partial charge in [-0.2, -0.15) is 5.10 Å². The zero-order valence-electron chi connectivity index (χ0n) is 11.6. The van der Waals surface area contributed by atoms with Crippen molar-refractivity contribution in [3.8, 4) is 0 Å². The van der Waals surface area contributed by atoms with Gasteiger partial charge in [-0.25, -0.2) is 0 Å². The Morgan fingerprint density at radius 3 is 2.85 bits per heavy atom. The molecule has 0 atom stereocenters. The van der Waals surface area contributed by atoms with E-state index in [0.29, 0.717) is 19.5 Å². The molecular weight excluding hydrogens is 270 g/mol. The first-order chi connectivity index (χ1) is 9.74. The highest BCUT2D eigenvalue weighted by atomic mass is 32.2. The zero-order valence-corrected chi connectivity index (χ0v) is 12.4. The highest BCUT2D eigenvalue weighted by Crippen LogP contribution is 2.17. The summed E-state index contributed by atoms with van der Waals surface area (Å²) < 4.78 is 1.76. The number of amides is 1. The van der Waals surface area contributed by atoms with Crippen LogP contribution in [0.15, 0.2) is 47.6 Å². The van der Waals surface area contributed by atoms with E-state index in [1.165, 1.54) is 10.5 Å². The molecule has 1 aromatic heterocycles. The van der Waals surface area contributed by atoms with Gasteiger partial charge in [0.25, 0.3) is 0 Å². The summed E-state index contributed by atoms with van der Waals surface area (Å²) in [7, 11) is 0. The van der Waals surface area contributed by atoms with Crippen LogP contribution >= 0.6 is 11.8 Å². The lowest BCUT2D eigenvalue weighted by Gasteiger charge is -2.06. The predicted octanol–water partition coefficient (Wildman–Crippen LogP) is 2.49. The van der Waals surface area contributed by atoms with E-state index in [4.69, 9.17) is 0 Å². The van der Waals surface area contributed by atoms with Crippen molar-refractivity contribution in [1.29, 1.82) is 0 Å². The van der Waals surface area contributed by atoms with Gasteiger partial charge in [-0.3, -0.25) is 9.48 Å². The van der Waals surface area contributed by atoms with E-state index in [0.717, 1.165) is 5.75 Å². The van der Waals surface area contributed by atoms with Gasteiger partial charge in [0.15, 0.2) is 0 Å². The summed E-state index contributed by atoms with van der Waals surface area (Å²) >= 11 is 1.75. The molecule has 1 aromatic carbocycles. The lowest BCUT2D eigenvalue weighted by Crippen LogP contribution is -2.26. The van der Waals surface area contributed by atoms with E-state index in [9.17, 15) is 4.79 Å². The van der Waals surface area contributed by atoms with Crippen LogP contribution in [-0.4, -0.2) is 28.0 Å². The summed E-state index contributed by atoms with van der Waals surface area (Å²) in [4.78, 5) is 12.9. The third-order valence-electron chi connectivity index (χ3n) is 2.84. The summed E-state index contributed by atoms with van der Waals surface area (Å²) in [6.07, 6.45) is 4.05. The van der Waals surface area contributed by atoms with E-state index < -0.39 is 0 Å². The van der Waals surface area contributed by atoms with Crippen LogP contribution in [0, 0.1) is 6.92 Å². The number of rotatable bonds is 7. The van der Waals surface area contributed by atoms with Crippen LogP contribution in [0.4, 0.5) is 0 Å².